The Kier molecular flexibility index (Phi) is 6.80. The maximum Gasteiger partial charge on any atom is 0.256 e. The first-order chi connectivity index (χ1) is 11.1. The first-order valence-electron chi connectivity index (χ1n) is 8.20. The highest BCUT2D eigenvalue weighted by atomic mass is 16.5. The van der Waals surface area contributed by atoms with E-state index < -0.39 is 0 Å². The molecule has 0 radical (unpaired) electrons. The smallest absolute Gasteiger partial charge is 0.256 e. The molecule has 0 spiro atoms. The summed E-state index contributed by atoms with van der Waals surface area (Å²) in [4.78, 5) is 19.0. The molecule has 1 atom stereocenters. The summed E-state index contributed by atoms with van der Waals surface area (Å²) in [5.41, 5.74) is 0.474. The molecule has 1 saturated heterocycles. The van der Waals surface area contributed by atoms with Gasteiger partial charge in [0.2, 0.25) is 5.88 Å². The van der Waals surface area contributed by atoms with E-state index in [4.69, 9.17) is 9.47 Å². The van der Waals surface area contributed by atoms with E-state index in [0.29, 0.717) is 43.2 Å². The van der Waals surface area contributed by atoms with Crippen molar-refractivity contribution in [1.82, 2.24) is 15.2 Å². The number of amides is 1. The number of methoxy groups -OCH3 is 1. The van der Waals surface area contributed by atoms with Crippen molar-refractivity contribution < 1.29 is 14.3 Å². The van der Waals surface area contributed by atoms with Crippen LogP contribution < -0.4 is 10.1 Å². The Labute approximate surface area is 138 Å². The first-order valence-corrected chi connectivity index (χ1v) is 8.20. The molecule has 1 aromatic rings. The third kappa shape index (κ3) is 5.18. The highest BCUT2D eigenvalue weighted by molar-refractivity contribution is 5.96. The fraction of sp³-hybridized carbons (Fsp3) is 0.647. The number of nitrogens with one attached hydrogen (secondary N) is 1. The molecule has 0 aromatic carbocycles. The lowest BCUT2D eigenvalue weighted by atomic mass is 10.1. The van der Waals surface area contributed by atoms with Crippen molar-refractivity contribution in [2.24, 2.45) is 5.92 Å². The number of carbonyl (C=O) groups is 1. The standard InChI is InChI=1S/C17H27N3O3/c1-13(2)20-8-6-14(12-20)11-19-16(21)15-5-4-7-18-17(15)23-10-9-22-3/h4-5,7,13-14H,6,8-12H2,1-3H3,(H,19,21). The second-order valence-corrected chi connectivity index (χ2v) is 6.15. The molecule has 1 fully saturated rings. The molecule has 0 saturated carbocycles. The Bertz CT molecular complexity index is 508. The second-order valence-electron chi connectivity index (χ2n) is 6.15. The van der Waals surface area contributed by atoms with E-state index in [1.807, 2.05) is 0 Å². The molecule has 0 bridgehead atoms. The first kappa shape index (κ1) is 17.7. The van der Waals surface area contributed by atoms with Gasteiger partial charge in [0, 0.05) is 32.4 Å². The van der Waals surface area contributed by atoms with Crippen LogP contribution in [0.4, 0.5) is 0 Å². The maximum atomic E-state index is 12.4. The van der Waals surface area contributed by atoms with E-state index in [9.17, 15) is 4.79 Å². The number of hydrogen-bond donors (Lipinski definition) is 1. The summed E-state index contributed by atoms with van der Waals surface area (Å²) < 4.78 is 10.5. The van der Waals surface area contributed by atoms with Gasteiger partial charge in [-0.05, 0) is 44.9 Å². The second kappa shape index (κ2) is 8.84. The van der Waals surface area contributed by atoms with E-state index in [0.717, 1.165) is 19.5 Å². The van der Waals surface area contributed by atoms with Crippen LogP contribution in [0.3, 0.4) is 0 Å². The van der Waals surface area contributed by atoms with Crippen molar-refractivity contribution >= 4 is 5.91 Å². The molecule has 6 nitrogen and oxygen atoms in total. The van der Waals surface area contributed by atoms with Crippen LogP contribution in [-0.4, -0.2) is 61.8 Å². The van der Waals surface area contributed by atoms with Gasteiger partial charge in [-0.2, -0.15) is 0 Å². The number of carbonyl (C=O) groups excluding carboxylic acids is 1. The summed E-state index contributed by atoms with van der Waals surface area (Å²) in [6.07, 6.45) is 2.75. The number of pyridine rings is 1. The van der Waals surface area contributed by atoms with E-state index in [-0.39, 0.29) is 5.91 Å². The molecule has 1 aromatic heterocycles. The van der Waals surface area contributed by atoms with E-state index in [1.165, 1.54) is 0 Å². The van der Waals surface area contributed by atoms with Gasteiger partial charge < -0.3 is 19.7 Å². The molecule has 23 heavy (non-hydrogen) atoms. The third-order valence-electron chi connectivity index (χ3n) is 4.14. The summed E-state index contributed by atoms with van der Waals surface area (Å²) >= 11 is 0. The van der Waals surface area contributed by atoms with Crippen LogP contribution in [0.15, 0.2) is 18.3 Å². The van der Waals surface area contributed by atoms with Gasteiger partial charge in [-0.15, -0.1) is 0 Å². The summed E-state index contributed by atoms with van der Waals surface area (Å²) in [6, 6.07) is 4.04. The average molecular weight is 321 g/mol. The van der Waals surface area contributed by atoms with Gasteiger partial charge >= 0.3 is 0 Å². The van der Waals surface area contributed by atoms with Gasteiger partial charge in [-0.1, -0.05) is 0 Å². The fourth-order valence-corrected chi connectivity index (χ4v) is 2.73. The van der Waals surface area contributed by atoms with Crippen molar-refractivity contribution in [3.8, 4) is 5.88 Å². The predicted molar refractivity (Wildman–Crippen MR) is 88.8 cm³/mol. The largest absolute Gasteiger partial charge is 0.475 e. The van der Waals surface area contributed by atoms with Crippen LogP contribution in [0.25, 0.3) is 0 Å². The number of aromatic nitrogens is 1. The number of rotatable bonds is 8. The van der Waals surface area contributed by atoms with Gasteiger partial charge in [0.1, 0.15) is 12.2 Å². The number of likely N-dealkylation sites (tertiary alicyclic amines) is 1. The van der Waals surface area contributed by atoms with Gasteiger partial charge in [0.25, 0.3) is 5.91 Å². The molecule has 6 heteroatoms. The van der Waals surface area contributed by atoms with Crippen LogP contribution in [0.2, 0.25) is 0 Å². The van der Waals surface area contributed by atoms with Crippen LogP contribution in [-0.2, 0) is 4.74 Å². The molecule has 1 aliphatic rings. The molecule has 1 unspecified atom stereocenters. The van der Waals surface area contributed by atoms with Crippen LogP contribution >= 0.6 is 0 Å². The highest BCUT2D eigenvalue weighted by Crippen LogP contribution is 2.18. The Morgan fingerprint density at radius 1 is 1.48 bits per heavy atom. The normalized spacial score (nSPS) is 18.3. The quantitative estimate of drug-likeness (QED) is 0.736. The molecule has 1 amide bonds. The Morgan fingerprint density at radius 2 is 2.30 bits per heavy atom. The predicted octanol–water partition coefficient (Wildman–Crippen LogP) is 1.57. The molecule has 128 valence electrons. The lowest BCUT2D eigenvalue weighted by Gasteiger charge is -2.20. The molecular formula is C17H27N3O3. The zero-order valence-electron chi connectivity index (χ0n) is 14.2. The molecule has 2 rings (SSSR count). The molecule has 0 aliphatic carbocycles. The summed E-state index contributed by atoms with van der Waals surface area (Å²) in [5.74, 6) is 0.738. The Morgan fingerprint density at radius 3 is 3.00 bits per heavy atom. The SMILES string of the molecule is COCCOc1ncccc1C(=O)NCC1CCN(C(C)C)C1. The van der Waals surface area contributed by atoms with E-state index >= 15 is 0 Å². The Hall–Kier alpha value is -1.66. The zero-order valence-corrected chi connectivity index (χ0v) is 14.2. The van der Waals surface area contributed by atoms with E-state index in [2.05, 4.69) is 29.0 Å². The molecular weight excluding hydrogens is 294 g/mol. The summed E-state index contributed by atoms with van der Waals surface area (Å²) in [5, 5.41) is 3.01. The van der Waals surface area contributed by atoms with Crippen molar-refractivity contribution in [3.63, 3.8) is 0 Å². The minimum absolute atomic E-state index is 0.131. The van der Waals surface area contributed by atoms with Gasteiger partial charge in [0.05, 0.1) is 6.61 Å². The lowest BCUT2D eigenvalue weighted by molar-refractivity contribution is 0.0937. The van der Waals surface area contributed by atoms with Crippen molar-refractivity contribution in [1.29, 1.82) is 0 Å². The number of nitrogens with zero attached hydrogens (tertiary/aromatic N) is 2. The lowest BCUT2D eigenvalue weighted by Crippen LogP contribution is -2.33. The molecule has 1 aliphatic heterocycles. The molecule has 1 N–H and O–H groups in total. The van der Waals surface area contributed by atoms with Gasteiger partial charge in [-0.25, -0.2) is 4.98 Å². The van der Waals surface area contributed by atoms with E-state index in [1.54, 1.807) is 25.4 Å². The van der Waals surface area contributed by atoms with Crippen LogP contribution in [0.5, 0.6) is 5.88 Å². The number of ether oxygens (including phenoxy) is 2. The third-order valence-corrected chi connectivity index (χ3v) is 4.14. The fourth-order valence-electron chi connectivity index (χ4n) is 2.73. The van der Waals surface area contributed by atoms with Crippen molar-refractivity contribution in [3.05, 3.63) is 23.9 Å². The van der Waals surface area contributed by atoms with Gasteiger partial charge in [0.15, 0.2) is 0 Å². The van der Waals surface area contributed by atoms with Gasteiger partial charge in [-0.3, -0.25) is 4.79 Å². The summed E-state index contributed by atoms with van der Waals surface area (Å²) in [6.45, 7) is 8.10. The van der Waals surface area contributed by atoms with Crippen LogP contribution in [0, 0.1) is 5.92 Å². The van der Waals surface area contributed by atoms with Crippen LogP contribution in [0.1, 0.15) is 30.6 Å². The minimum atomic E-state index is -0.131. The minimum Gasteiger partial charge on any atom is -0.475 e. The van der Waals surface area contributed by atoms with Crippen molar-refractivity contribution in [2.45, 2.75) is 26.3 Å². The monoisotopic (exact) mass is 321 g/mol. The highest BCUT2D eigenvalue weighted by Gasteiger charge is 2.25. The maximum absolute atomic E-state index is 12.4. The average Bonchev–Trinajstić information content (AvgIpc) is 3.02. The molecule has 2 heterocycles. The zero-order chi connectivity index (χ0) is 16.7. The topological polar surface area (TPSA) is 63.7 Å². The van der Waals surface area contributed by atoms with Crippen molar-refractivity contribution in [2.75, 3.05) is 40.0 Å². The Balaban J connectivity index is 1.86. The number of hydrogen-bond acceptors (Lipinski definition) is 5. The summed E-state index contributed by atoms with van der Waals surface area (Å²) in [7, 11) is 1.61.